The number of rotatable bonds is 4. The molecule has 0 spiro atoms. The number of ether oxygens (including phenoxy) is 1. The lowest BCUT2D eigenvalue weighted by molar-refractivity contribution is -0.153. The van der Waals surface area contributed by atoms with Crippen LogP contribution in [-0.2, 0) is 14.3 Å². The molecule has 2 unspecified atom stereocenters. The summed E-state index contributed by atoms with van der Waals surface area (Å²) in [6.45, 7) is 6.30. The summed E-state index contributed by atoms with van der Waals surface area (Å²) in [5.74, 6) is 1.16. The molecule has 0 aromatic rings. The van der Waals surface area contributed by atoms with E-state index in [1.165, 1.54) is 0 Å². The Labute approximate surface area is 126 Å². The molecule has 1 N–H and O–H groups in total. The fourth-order valence-electron chi connectivity index (χ4n) is 3.58. The molecule has 2 saturated heterocycles. The standard InChI is InChI=1S/C16H26N2O3/c1-10(2)14-15(19)17-13(12-3-4-12)16(20)18(14)9-11-5-7-21-8-6-11/h10-14H,3-9H2,1-2H3,(H,17,19). The minimum absolute atomic E-state index is 0.0357. The maximum atomic E-state index is 12.8. The van der Waals surface area contributed by atoms with Crippen LogP contribution in [0.3, 0.4) is 0 Å². The summed E-state index contributed by atoms with van der Waals surface area (Å²) in [4.78, 5) is 27.1. The van der Waals surface area contributed by atoms with E-state index in [9.17, 15) is 9.59 Å². The number of piperazine rings is 1. The number of nitrogens with one attached hydrogen (secondary N) is 1. The van der Waals surface area contributed by atoms with Crippen LogP contribution in [0, 0.1) is 17.8 Å². The Morgan fingerprint density at radius 1 is 1.19 bits per heavy atom. The molecule has 1 saturated carbocycles. The van der Waals surface area contributed by atoms with Gasteiger partial charge in [-0.25, -0.2) is 0 Å². The molecule has 0 aromatic carbocycles. The number of carbonyl (C=O) groups is 2. The van der Waals surface area contributed by atoms with Gasteiger partial charge in [0.2, 0.25) is 11.8 Å². The fraction of sp³-hybridized carbons (Fsp3) is 0.875. The molecule has 3 rings (SSSR count). The van der Waals surface area contributed by atoms with Crippen molar-refractivity contribution in [2.75, 3.05) is 19.8 Å². The van der Waals surface area contributed by atoms with Gasteiger partial charge in [0.1, 0.15) is 12.1 Å². The van der Waals surface area contributed by atoms with E-state index in [0.29, 0.717) is 18.4 Å². The summed E-state index contributed by atoms with van der Waals surface area (Å²) < 4.78 is 5.40. The molecule has 0 radical (unpaired) electrons. The van der Waals surface area contributed by atoms with Crippen molar-refractivity contribution in [1.29, 1.82) is 0 Å². The number of hydrogen-bond donors (Lipinski definition) is 1. The van der Waals surface area contributed by atoms with Gasteiger partial charge in [0.15, 0.2) is 0 Å². The summed E-state index contributed by atoms with van der Waals surface area (Å²) in [7, 11) is 0. The molecule has 0 aromatic heterocycles. The van der Waals surface area contributed by atoms with Crippen LogP contribution < -0.4 is 5.32 Å². The fourth-order valence-corrected chi connectivity index (χ4v) is 3.58. The molecule has 1 aliphatic carbocycles. The van der Waals surface area contributed by atoms with E-state index in [0.717, 1.165) is 38.9 Å². The highest BCUT2D eigenvalue weighted by Crippen LogP contribution is 2.36. The molecule has 3 fully saturated rings. The zero-order valence-corrected chi connectivity index (χ0v) is 13.0. The van der Waals surface area contributed by atoms with Crippen molar-refractivity contribution in [2.45, 2.75) is 51.6 Å². The Balaban J connectivity index is 1.75. The van der Waals surface area contributed by atoms with Crippen LogP contribution in [-0.4, -0.2) is 48.6 Å². The van der Waals surface area contributed by atoms with Gasteiger partial charge in [-0.1, -0.05) is 13.8 Å². The zero-order valence-electron chi connectivity index (χ0n) is 13.0. The summed E-state index contributed by atoms with van der Waals surface area (Å²) >= 11 is 0. The average Bonchev–Trinajstić information content (AvgIpc) is 3.27. The Bertz CT molecular complexity index is 414. The normalized spacial score (nSPS) is 31.7. The van der Waals surface area contributed by atoms with E-state index in [1.807, 2.05) is 18.7 Å². The number of hydrogen-bond acceptors (Lipinski definition) is 3. The molecule has 2 aliphatic heterocycles. The van der Waals surface area contributed by atoms with Crippen LogP contribution in [0.5, 0.6) is 0 Å². The Morgan fingerprint density at radius 2 is 1.86 bits per heavy atom. The quantitative estimate of drug-likeness (QED) is 0.847. The molecule has 2 heterocycles. The number of amides is 2. The van der Waals surface area contributed by atoms with Crippen LogP contribution in [0.4, 0.5) is 0 Å². The van der Waals surface area contributed by atoms with Crippen molar-refractivity contribution >= 4 is 11.8 Å². The van der Waals surface area contributed by atoms with E-state index in [-0.39, 0.29) is 29.8 Å². The number of nitrogens with zero attached hydrogens (tertiary/aromatic N) is 1. The lowest BCUT2D eigenvalue weighted by atomic mass is 9.92. The summed E-state index contributed by atoms with van der Waals surface area (Å²) in [5, 5.41) is 2.97. The van der Waals surface area contributed by atoms with Gasteiger partial charge in [-0.3, -0.25) is 9.59 Å². The predicted molar refractivity (Wildman–Crippen MR) is 78.5 cm³/mol. The molecule has 118 valence electrons. The van der Waals surface area contributed by atoms with Crippen molar-refractivity contribution in [1.82, 2.24) is 10.2 Å². The Morgan fingerprint density at radius 3 is 2.43 bits per heavy atom. The Kier molecular flexibility index (Phi) is 4.20. The van der Waals surface area contributed by atoms with Gasteiger partial charge < -0.3 is 15.0 Å². The van der Waals surface area contributed by atoms with Crippen LogP contribution in [0.2, 0.25) is 0 Å². The second-order valence-corrected chi connectivity index (χ2v) is 7.06. The topological polar surface area (TPSA) is 58.6 Å². The average molecular weight is 294 g/mol. The molecule has 2 amide bonds. The monoisotopic (exact) mass is 294 g/mol. The van der Waals surface area contributed by atoms with Crippen LogP contribution in [0.15, 0.2) is 0 Å². The lowest BCUT2D eigenvalue weighted by Gasteiger charge is -2.43. The van der Waals surface area contributed by atoms with Gasteiger partial charge >= 0.3 is 0 Å². The number of carbonyl (C=O) groups excluding carboxylic acids is 2. The molecular weight excluding hydrogens is 268 g/mol. The van der Waals surface area contributed by atoms with Crippen molar-refractivity contribution < 1.29 is 14.3 Å². The van der Waals surface area contributed by atoms with E-state index in [2.05, 4.69) is 5.32 Å². The minimum Gasteiger partial charge on any atom is -0.381 e. The van der Waals surface area contributed by atoms with Crippen molar-refractivity contribution in [2.24, 2.45) is 17.8 Å². The highest BCUT2D eigenvalue weighted by molar-refractivity contribution is 5.97. The van der Waals surface area contributed by atoms with Gasteiger partial charge in [-0.05, 0) is 43.4 Å². The highest BCUT2D eigenvalue weighted by atomic mass is 16.5. The molecule has 21 heavy (non-hydrogen) atoms. The van der Waals surface area contributed by atoms with E-state index in [4.69, 9.17) is 4.74 Å². The van der Waals surface area contributed by atoms with Gasteiger partial charge in [0.05, 0.1) is 0 Å². The highest BCUT2D eigenvalue weighted by Gasteiger charge is 2.47. The summed E-state index contributed by atoms with van der Waals surface area (Å²) in [6, 6.07) is -0.581. The predicted octanol–water partition coefficient (Wildman–Crippen LogP) is 1.17. The van der Waals surface area contributed by atoms with Gasteiger partial charge in [-0.2, -0.15) is 0 Å². The van der Waals surface area contributed by atoms with E-state index >= 15 is 0 Å². The second-order valence-electron chi connectivity index (χ2n) is 7.06. The first-order valence-electron chi connectivity index (χ1n) is 8.26. The first-order chi connectivity index (χ1) is 10.1. The lowest BCUT2D eigenvalue weighted by Crippen LogP contribution is -2.66. The maximum Gasteiger partial charge on any atom is 0.246 e. The summed E-state index contributed by atoms with van der Waals surface area (Å²) in [5.41, 5.74) is 0. The third-order valence-electron chi connectivity index (χ3n) is 4.97. The van der Waals surface area contributed by atoms with Gasteiger partial charge in [0.25, 0.3) is 0 Å². The third kappa shape index (κ3) is 3.07. The first-order valence-corrected chi connectivity index (χ1v) is 8.26. The molecule has 2 atom stereocenters. The van der Waals surface area contributed by atoms with Crippen LogP contribution >= 0.6 is 0 Å². The van der Waals surface area contributed by atoms with Crippen molar-refractivity contribution in [3.8, 4) is 0 Å². The molecule has 0 bridgehead atoms. The van der Waals surface area contributed by atoms with Gasteiger partial charge in [0, 0.05) is 19.8 Å². The largest absolute Gasteiger partial charge is 0.381 e. The van der Waals surface area contributed by atoms with Crippen molar-refractivity contribution in [3.63, 3.8) is 0 Å². The SMILES string of the molecule is CC(C)C1C(=O)NC(C2CC2)C(=O)N1CC1CCOCC1. The second kappa shape index (κ2) is 5.95. The first kappa shape index (κ1) is 14.8. The third-order valence-corrected chi connectivity index (χ3v) is 4.97. The zero-order chi connectivity index (χ0) is 15.0. The Hall–Kier alpha value is -1.10. The van der Waals surface area contributed by atoms with Crippen LogP contribution in [0.25, 0.3) is 0 Å². The molecular formula is C16H26N2O3. The van der Waals surface area contributed by atoms with E-state index < -0.39 is 0 Å². The minimum atomic E-state index is -0.310. The van der Waals surface area contributed by atoms with E-state index in [1.54, 1.807) is 0 Å². The van der Waals surface area contributed by atoms with Crippen molar-refractivity contribution in [3.05, 3.63) is 0 Å². The van der Waals surface area contributed by atoms with Crippen LogP contribution in [0.1, 0.15) is 39.5 Å². The molecule has 5 heteroatoms. The maximum absolute atomic E-state index is 12.8. The summed E-state index contributed by atoms with van der Waals surface area (Å²) in [6.07, 6.45) is 4.11. The molecule has 5 nitrogen and oxygen atoms in total. The van der Waals surface area contributed by atoms with Gasteiger partial charge in [-0.15, -0.1) is 0 Å². The molecule has 3 aliphatic rings. The smallest absolute Gasteiger partial charge is 0.246 e.